The van der Waals surface area contributed by atoms with Crippen molar-refractivity contribution in [2.45, 2.75) is 26.0 Å². The second-order valence-electron chi connectivity index (χ2n) is 4.26. The number of carbonyl (C=O) groups is 2. The minimum atomic E-state index is -1.54. The Morgan fingerprint density at radius 1 is 1.40 bits per heavy atom. The van der Waals surface area contributed by atoms with Gasteiger partial charge in [0.05, 0.1) is 11.0 Å². The van der Waals surface area contributed by atoms with Crippen LogP contribution in [0.4, 0.5) is 5.69 Å². The molecular formula is C12H14N2O6. The summed E-state index contributed by atoms with van der Waals surface area (Å²) in [4.78, 5) is 33.1. The molecule has 0 saturated carbocycles. The van der Waals surface area contributed by atoms with E-state index in [9.17, 15) is 24.8 Å². The normalized spacial score (nSPS) is 13.3. The number of nitro groups is 1. The van der Waals surface area contributed by atoms with Crippen molar-refractivity contribution >= 4 is 17.6 Å². The Kier molecular flexibility index (Phi) is 4.76. The van der Waals surface area contributed by atoms with E-state index in [1.54, 1.807) is 0 Å². The fraction of sp³-hybridized carbons (Fsp3) is 0.333. The first-order valence-electron chi connectivity index (χ1n) is 5.71. The summed E-state index contributed by atoms with van der Waals surface area (Å²) in [5, 5.41) is 31.2. The molecule has 0 aliphatic rings. The van der Waals surface area contributed by atoms with E-state index in [1.807, 2.05) is 0 Å². The van der Waals surface area contributed by atoms with Gasteiger partial charge in [0.2, 0.25) is 0 Å². The highest BCUT2D eigenvalue weighted by atomic mass is 16.6. The lowest BCUT2D eigenvalue weighted by atomic mass is 10.1. The Morgan fingerprint density at radius 3 is 2.45 bits per heavy atom. The Labute approximate surface area is 114 Å². The summed E-state index contributed by atoms with van der Waals surface area (Å²) in [7, 11) is 0. The zero-order chi connectivity index (χ0) is 15.4. The van der Waals surface area contributed by atoms with E-state index in [4.69, 9.17) is 5.11 Å². The second kappa shape index (κ2) is 6.11. The number of aliphatic carboxylic acids is 1. The SMILES string of the molecule is Cc1cccc(C(=O)N[C@H](C(=O)O)[C@@H](C)O)c1[N+](=O)[O-]. The minimum absolute atomic E-state index is 0.248. The first-order valence-corrected chi connectivity index (χ1v) is 5.71. The van der Waals surface area contributed by atoms with Gasteiger partial charge in [0.1, 0.15) is 5.56 Å². The molecule has 1 amide bonds. The van der Waals surface area contributed by atoms with Gasteiger partial charge < -0.3 is 15.5 Å². The lowest BCUT2D eigenvalue weighted by Gasteiger charge is -2.17. The summed E-state index contributed by atoms with van der Waals surface area (Å²) in [6.45, 7) is 2.67. The molecule has 1 rings (SSSR count). The number of hydrogen-bond donors (Lipinski definition) is 3. The van der Waals surface area contributed by atoms with E-state index in [0.717, 1.165) is 0 Å². The van der Waals surface area contributed by atoms with Gasteiger partial charge in [-0.05, 0) is 19.9 Å². The Bertz CT molecular complexity index is 555. The van der Waals surface area contributed by atoms with Crippen LogP contribution in [0.25, 0.3) is 0 Å². The topological polar surface area (TPSA) is 130 Å². The molecule has 2 atom stereocenters. The summed E-state index contributed by atoms with van der Waals surface area (Å²) < 4.78 is 0. The van der Waals surface area contributed by atoms with Crippen LogP contribution in [0.2, 0.25) is 0 Å². The molecule has 0 saturated heterocycles. The molecule has 0 fully saturated rings. The molecule has 108 valence electrons. The molecular weight excluding hydrogens is 268 g/mol. The smallest absolute Gasteiger partial charge is 0.328 e. The molecule has 0 aliphatic heterocycles. The van der Waals surface area contributed by atoms with Crippen molar-refractivity contribution in [2.75, 3.05) is 0 Å². The highest BCUT2D eigenvalue weighted by Crippen LogP contribution is 2.23. The maximum atomic E-state index is 12.0. The molecule has 0 unspecified atom stereocenters. The van der Waals surface area contributed by atoms with Gasteiger partial charge in [0.25, 0.3) is 11.6 Å². The number of para-hydroxylation sites is 1. The minimum Gasteiger partial charge on any atom is -0.480 e. The number of nitrogens with one attached hydrogen (secondary N) is 1. The lowest BCUT2D eigenvalue weighted by Crippen LogP contribution is -2.47. The van der Waals surface area contributed by atoms with Crippen LogP contribution in [0.5, 0.6) is 0 Å². The van der Waals surface area contributed by atoms with Crippen LogP contribution in [-0.2, 0) is 4.79 Å². The van der Waals surface area contributed by atoms with E-state index in [-0.39, 0.29) is 16.8 Å². The Morgan fingerprint density at radius 2 is 2.00 bits per heavy atom. The van der Waals surface area contributed by atoms with Gasteiger partial charge >= 0.3 is 5.97 Å². The Balaban J connectivity index is 3.13. The van der Waals surface area contributed by atoms with Crippen LogP contribution in [0, 0.1) is 17.0 Å². The standard InChI is InChI=1S/C12H14N2O6/c1-6-4-3-5-8(10(6)14(19)20)11(16)13-9(7(2)15)12(17)18/h3-5,7,9,15H,1-2H3,(H,13,16)(H,17,18)/t7-,9+/m1/s1. The summed E-state index contributed by atoms with van der Waals surface area (Å²) in [5.41, 5.74) is -0.354. The van der Waals surface area contributed by atoms with Gasteiger partial charge in [-0.25, -0.2) is 4.79 Å². The summed E-state index contributed by atoms with van der Waals surface area (Å²) in [5.74, 6) is -2.35. The van der Waals surface area contributed by atoms with Gasteiger partial charge in [-0.3, -0.25) is 14.9 Å². The number of nitrogens with zero attached hydrogens (tertiary/aromatic N) is 1. The lowest BCUT2D eigenvalue weighted by molar-refractivity contribution is -0.385. The van der Waals surface area contributed by atoms with E-state index >= 15 is 0 Å². The number of aliphatic hydroxyl groups excluding tert-OH is 1. The third kappa shape index (κ3) is 3.29. The molecule has 8 nitrogen and oxygen atoms in total. The van der Waals surface area contributed by atoms with Crippen molar-refractivity contribution in [3.05, 3.63) is 39.4 Å². The number of nitro benzene ring substituents is 1. The molecule has 0 aromatic heterocycles. The van der Waals surface area contributed by atoms with Gasteiger partial charge in [-0.1, -0.05) is 12.1 Å². The van der Waals surface area contributed by atoms with Gasteiger partial charge in [-0.2, -0.15) is 0 Å². The fourth-order valence-electron chi connectivity index (χ4n) is 1.69. The summed E-state index contributed by atoms with van der Waals surface area (Å²) in [6.07, 6.45) is -1.33. The van der Waals surface area contributed by atoms with Crippen molar-refractivity contribution in [1.82, 2.24) is 5.32 Å². The molecule has 0 aliphatic carbocycles. The van der Waals surface area contributed by atoms with E-state index < -0.39 is 28.9 Å². The number of benzene rings is 1. The van der Waals surface area contributed by atoms with Crippen LogP contribution in [0.3, 0.4) is 0 Å². The van der Waals surface area contributed by atoms with Gasteiger partial charge in [0.15, 0.2) is 6.04 Å². The van der Waals surface area contributed by atoms with Crippen molar-refractivity contribution in [3.63, 3.8) is 0 Å². The average molecular weight is 282 g/mol. The van der Waals surface area contributed by atoms with Gasteiger partial charge in [-0.15, -0.1) is 0 Å². The Hall–Kier alpha value is -2.48. The third-order valence-electron chi connectivity index (χ3n) is 2.70. The molecule has 0 heterocycles. The summed E-state index contributed by atoms with van der Waals surface area (Å²) in [6, 6.07) is 2.61. The first kappa shape index (κ1) is 15.6. The molecule has 0 spiro atoms. The number of rotatable bonds is 5. The fourth-order valence-corrected chi connectivity index (χ4v) is 1.69. The van der Waals surface area contributed by atoms with Crippen molar-refractivity contribution < 1.29 is 24.7 Å². The van der Waals surface area contributed by atoms with Crippen molar-refractivity contribution in [2.24, 2.45) is 0 Å². The zero-order valence-electron chi connectivity index (χ0n) is 10.9. The van der Waals surface area contributed by atoms with E-state index in [2.05, 4.69) is 5.32 Å². The van der Waals surface area contributed by atoms with E-state index in [1.165, 1.54) is 32.0 Å². The molecule has 1 aromatic rings. The molecule has 8 heteroatoms. The molecule has 0 bridgehead atoms. The van der Waals surface area contributed by atoms with Crippen molar-refractivity contribution in [1.29, 1.82) is 0 Å². The van der Waals surface area contributed by atoms with Crippen LogP contribution in [-0.4, -0.2) is 39.2 Å². The maximum absolute atomic E-state index is 12.0. The second-order valence-corrected chi connectivity index (χ2v) is 4.26. The third-order valence-corrected chi connectivity index (χ3v) is 2.70. The largest absolute Gasteiger partial charge is 0.480 e. The quantitative estimate of drug-likeness (QED) is 0.531. The monoisotopic (exact) mass is 282 g/mol. The number of aliphatic hydroxyl groups is 1. The highest BCUT2D eigenvalue weighted by Gasteiger charge is 2.29. The van der Waals surface area contributed by atoms with Gasteiger partial charge in [0, 0.05) is 5.56 Å². The van der Waals surface area contributed by atoms with Crippen LogP contribution in [0.15, 0.2) is 18.2 Å². The predicted octanol–water partition coefficient (Wildman–Crippen LogP) is 0.467. The number of amides is 1. The highest BCUT2D eigenvalue weighted by molar-refractivity contribution is 6.00. The molecule has 1 aromatic carbocycles. The molecule has 20 heavy (non-hydrogen) atoms. The van der Waals surface area contributed by atoms with Crippen LogP contribution >= 0.6 is 0 Å². The average Bonchev–Trinajstić information content (AvgIpc) is 2.33. The number of carbonyl (C=O) groups excluding carboxylic acids is 1. The number of hydrogen-bond acceptors (Lipinski definition) is 5. The maximum Gasteiger partial charge on any atom is 0.328 e. The number of carboxylic acid groups (broad SMARTS) is 1. The molecule has 0 radical (unpaired) electrons. The number of aryl methyl sites for hydroxylation is 1. The van der Waals surface area contributed by atoms with E-state index in [0.29, 0.717) is 0 Å². The van der Waals surface area contributed by atoms with Crippen molar-refractivity contribution in [3.8, 4) is 0 Å². The van der Waals surface area contributed by atoms with Crippen LogP contribution in [0.1, 0.15) is 22.8 Å². The predicted molar refractivity (Wildman–Crippen MR) is 68.4 cm³/mol. The van der Waals surface area contributed by atoms with Crippen LogP contribution < -0.4 is 5.32 Å². The summed E-state index contributed by atoms with van der Waals surface area (Å²) >= 11 is 0. The zero-order valence-corrected chi connectivity index (χ0v) is 10.9. The number of carboxylic acids is 1. The first-order chi connectivity index (χ1) is 9.25. The molecule has 3 N–H and O–H groups in total.